The summed E-state index contributed by atoms with van der Waals surface area (Å²) in [7, 11) is 0. The van der Waals surface area contributed by atoms with Crippen molar-refractivity contribution in [1.29, 1.82) is 0 Å². The number of rotatable bonds is 4. The van der Waals surface area contributed by atoms with Crippen LogP contribution in [0.25, 0.3) is 0 Å². The van der Waals surface area contributed by atoms with Crippen LogP contribution in [0.3, 0.4) is 0 Å². The van der Waals surface area contributed by atoms with Gasteiger partial charge in [0.05, 0.1) is 12.0 Å². The van der Waals surface area contributed by atoms with Crippen molar-refractivity contribution in [2.75, 3.05) is 0 Å². The number of amides is 1. The summed E-state index contributed by atoms with van der Waals surface area (Å²) in [6.07, 6.45) is 7.69. The summed E-state index contributed by atoms with van der Waals surface area (Å²) >= 11 is 0. The number of carbonyl (C=O) groups excluding carboxylic acids is 1. The molecule has 2 atom stereocenters. The fraction of sp³-hybridized carbons (Fsp3) is 0.684. The van der Waals surface area contributed by atoms with E-state index in [4.69, 9.17) is 0 Å². The van der Waals surface area contributed by atoms with E-state index in [1.54, 1.807) is 18.6 Å². The van der Waals surface area contributed by atoms with Crippen LogP contribution in [-0.2, 0) is 16.8 Å². The van der Waals surface area contributed by atoms with Crippen molar-refractivity contribution in [2.24, 2.45) is 11.8 Å². The molecule has 0 saturated heterocycles. The Morgan fingerprint density at radius 2 is 2.04 bits per heavy atom. The van der Waals surface area contributed by atoms with Crippen molar-refractivity contribution in [3.8, 4) is 0 Å². The molecule has 1 amide bonds. The van der Waals surface area contributed by atoms with Gasteiger partial charge in [0.25, 0.3) is 5.56 Å². The number of carbonyl (C=O) groups is 1. The zero-order valence-corrected chi connectivity index (χ0v) is 16.2. The maximum Gasteiger partial charge on any atom is 0.254 e. The predicted octanol–water partition coefficient (Wildman–Crippen LogP) is 0.780. The molecule has 2 N–H and O–H groups in total. The van der Waals surface area contributed by atoms with E-state index < -0.39 is 0 Å². The molecule has 4 aliphatic rings. The minimum absolute atomic E-state index is 0.0557. The average molecular weight is 383 g/mol. The first-order chi connectivity index (χ1) is 13.4. The molecule has 6 rings (SSSR count). The summed E-state index contributed by atoms with van der Waals surface area (Å²) in [5.74, 6) is 1.59. The minimum atomic E-state index is -0.242. The first-order valence-corrected chi connectivity index (χ1v) is 9.97. The number of hydrogen-bond acceptors (Lipinski definition) is 6. The summed E-state index contributed by atoms with van der Waals surface area (Å²) in [5.41, 5.74) is 0.444. The van der Waals surface area contributed by atoms with Gasteiger partial charge in [-0.3, -0.25) is 9.59 Å². The molecule has 28 heavy (non-hydrogen) atoms. The number of aryl methyl sites for hydroxylation is 2. The van der Waals surface area contributed by atoms with Crippen molar-refractivity contribution < 1.29 is 4.79 Å². The molecular formula is C19H25N7O2. The van der Waals surface area contributed by atoms with Gasteiger partial charge in [-0.05, 0) is 69.4 Å². The monoisotopic (exact) mass is 383 g/mol. The lowest BCUT2D eigenvalue weighted by Gasteiger charge is -2.61. The van der Waals surface area contributed by atoms with E-state index in [9.17, 15) is 9.59 Å². The molecular weight excluding hydrogens is 358 g/mol. The number of nitrogens with zero attached hydrogens (tertiary/aromatic N) is 5. The summed E-state index contributed by atoms with van der Waals surface area (Å²) in [6, 6.07) is 0. The van der Waals surface area contributed by atoms with Gasteiger partial charge in [-0.2, -0.15) is 4.80 Å². The maximum absolute atomic E-state index is 12.9. The van der Waals surface area contributed by atoms with Gasteiger partial charge < -0.3 is 10.3 Å². The molecule has 2 unspecified atom stereocenters. The van der Waals surface area contributed by atoms with Gasteiger partial charge >= 0.3 is 0 Å². The number of tetrazole rings is 1. The van der Waals surface area contributed by atoms with E-state index >= 15 is 0 Å². The third kappa shape index (κ3) is 2.75. The molecule has 4 fully saturated rings. The van der Waals surface area contributed by atoms with E-state index in [2.05, 4.69) is 30.7 Å². The van der Waals surface area contributed by atoms with Crippen molar-refractivity contribution in [1.82, 2.24) is 35.5 Å². The van der Waals surface area contributed by atoms with Crippen LogP contribution in [0.15, 0.2) is 11.1 Å². The van der Waals surface area contributed by atoms with E-state index in [0.29, 0.717) is 28.9 Å². The fourth-order valence-electron chi connectivity index (χ4n) is 6.44. The molecule has 0 radical (unpaired) electrons. The Bertz CT molecular complexity index is 967. The highest BCUT2D eigenvalue weighted by molar-refractivity contribution is 5.79. The van der Waals surface area contributed by atoms with E-state index in [0.717, 1.165) is 32.1 Å². The van der Waals surface area contributed by atoms with Crippen molar-refractivity contribution in [3.05, 3.63) is 33.8 Å². The summed E-state index contributed by atoms with van der Waals surface area (Å²) in [4.78, 5) is 34.0. The smallest absolute Gasteiger partial charge is 0.254 e. The third-order valence-corrected chi connectivity index (χ3v) is 6.89. The van der Waals surface area contributed by atoms with E-state index in [-0.39, 0.29) is 29.0 Å². The second kappa shape index (κ2) is 5.96. The van der Waals surface area contributed by atoms with Crippen LogP contribution in [0, 0.1) is 25.7 Å². The van der Waals surface area contributed by atoms with Crippen LogP contribution in [0.1, 0.15) is 55.6 Å². The lowest BCUT2D eigenvalue weighted by molar-refractivity contribution is -0.130. The number of aromatic nitrogens is 6. The first kappa shape index (κ1) is 17.5. The Morgan fingerprint density at radius 3 is 2.68 bits per heavy atom. The van der Waals surface area contributed by atoms with Crippen LogP contribution in [0.4, 0.5) is 0 Å². The molecule has 4 bridgehead atoms. The molecule has 4 saturated carbocycles. The maximum atomic E-state index is 12.9. The normalized spacial score (nSPS) is 33.2. The Labute approximate surface area is 162 Å². The molecule has 0 spiro atoms. The third-order valence-electron chi connectivity index (χ3n) is 6.89. The summed E-state index contributed by atoms with van der Waals surface area (Å²) in [6.45, 7) is 3.52. The summed E-state index contributed by atoms with van der Waals surface area (Å²) < 4.78 is 0. The van der Waals surface area contributed by atoms with Gasteiger partial charge in [-0.15, -0.1) is 10.2 Å². The molecule has 0 aliphatic heterocycles. The van der Waals surface area contributed by atoms with Crippen molar-refractivity contribution in [2.45, 2.75) is 69.9 Å². The molecule has 2 heterocycles. The number of aromatic amines is 1. The molecule has 4 aliphatic carbocycles. The molecule has 9 heteroatoms. The van der Waals surface area contributed by atoms with Crippen molar-refractivity contribution in [3.63, 3.8) is 0 Å². The second-order valence-corrected chi connectivity index (χ2v) is 9.13. The Morgan fingerprint density at radius 1 is 1.29 bits per heavy atom. The fourth-order valence-corrected chi connectivity index (χ4v) is 6.44. The van der Waals surface area contributed by atoms with Crippen LogP contribution in [0.5, 0.6) is 0 Å². The highest BCUT2D eigenvalue weighted by Crippen LogP contribution is 2.60. The molecule has 2 aromatic rings. The first-order valence-electron chi connectivity index (χ1n) is 9.97. The topological polar surface area (TPSA) is 118 Å². The zero-order chi connectivity index (χ0) is 19.5. The standard InChI is InChI=1S/C19H25N7O2/c1-11-15(17(28)23-12(2)22-11)4-16(27)24-18-5-13-3-14(6-18)8-19(7-13,9-18)26-21-10-20-25-26/h10,13-14H,3-9H2,1-2H3,(H,24,27)(H,22,23,28). The second-order valence-electron chi connectivity index (χ2n) is 9.13. The lowest BCUT2D eigenvalue weighted by atomic mass is 9.50. The zero-order valence-electron chi connectivity index (χ0n) is 16.2. The SMILES string of the molecule is Cc1nc(C)c(CC(=O)NC23CC4CC(C2)CC(n2ncnn2)(C4)C3)c(=O)[nH]1. The molecule has 0 aromatic carbocycles. The lowest BCUT2D eigenvalue weighted by Crippen LogP contribution is -2.66. The number of hydrogen-bond donors (Lipinski definition) is 2. The predicted molar refractivity (Wildman–Crippen MR) is 99.4 cm³/mol. The van der Waals surface area contributed by atoms with Crippen molar-refractivity contribution >= 4 is 5.91 Å². The van der Waals surface area contributed by atoms with Gasteiger partial charge in [-0.25, -0.2) is 4.98 Å². The Balaban J connectivity index is 1.39. The number of H-pyrrole nitrogens is 1. The number of nitrogens with one attached hydrogen (secondary N) is 2. The van der Waals surface area contributed by atoms with Crippen LogP contribution < -0.4 is 10.9 Å². The van der Waals surface area contributed by atoms with Crippen LogP contribution in [0.2, 0.25) is 0 Å². The molecule has 9 nitrogen and oxygen atoms in total. The quantitative estimate of drug-likeness (QED) is 0.805. The van der Waals surface area contributed by atoms with Gasteiger partial charge in [-0.1, -0.05) is 0 Å². The average Bonchev–Trinajstić information content (AvgIpc) is 3.12. The van der Waals surface area contributed by atoms with Gasteiger partial charge in [0.2, 0.25) is 5.91 Å². The minimum Gasteiger partial charge on any atom is -0.350 e. The van der Waals surface area contributed by atoms with Gasteiger partial charge in [0.15, 0.2) is 6.33 Å². The van der Waals surface area contributed by atoms with Gasteiger partial charge in [0, 0.05) is 16.8 Å². The Hall–Kier alpha value is -2.58. The van der Waals surface area contributed by atoms with Crippen LogP contribution >= 0.6 is 0 Å². The molecule has 2 aromatic heterocycles. The molecule has 148 valence electrons. The highest BCUT2D eigenvalue weighted by Gasteiger charge is 2.60. The highest BCUT2D eigenvalue weighted by atomic mass is 16.2. The summed E-state index contributed by atoms with van der Waals surface area (Å²) in [5, 5.41) is 15.8. The Kier molecular flexibility index (Phi) is 3.73. The largest absolute Gasteiger partial charge is 0.350 e. The van der Waals surface area contributed by atoms with E-state index in [1.165, 1.54) is 12.7 Å². The van der Waals surface area contributed by atoms with Crippen LogP contribution in [-0.4, -0.2) is 41.6 Å². The van der Waals surface area contributed by atoms with E-state index in [1.807, 2.05) is 0 Å². The van der Waals surface area contributed by atoms with Gasteiger partial charge in [0.1, 0.15) is 5.82 Å².